The number of carbonyl (C=O) groups is 1. The van der Waals surface area contributed by atoms with Gasteiger partial charge in [0.15, 0.2) is 0 Å². The second-order valence-corrected chi connectivity index (χ2v) is 5.65. The summed E-state index contributed by atoms with van der Waals surface area (Å²) in [5, 5.41) is 12.4. The molecule has 0 unspecified atom stereocenters. The highest BCUT2D eigenvalue weighted by Crippen LogP contribution is 2.03. The molecule has 3 heteroatoms. The van der Waals surface area contributed by atoms with Crippen molar-refractivity contribution in [3.63, 3.8) is 0 Å². The van der Waals surface area contributed by atoms with Crippen LogP contribution in [0.5, 0.6) is 0 Å². The Balaban J connectivity index is 3.64. The number of aliphatic hydroxyl groups is 1. The van der Waals surface area contributed by atoms with Crippen LogP contribution in [0, 0.1) is 5.92 Å². The molecule has 0 rings (SSSR count). The molecule has 0 aromatic rings. The Morgan fingerprint density at radius 3 is 2.52 bits per heavy atom. The van der Waals surface area contributed by atoms with E-state index in [1.165, 1.54) is 0 Å². The summed E-state index contributed by atoms with van der Waals surface area (Å²) in [6, 6.07) is 0. The lowest BCUT2D eigenvalue weighted by atomic mass is 10.1. The first-order chi connectivity index (χ1) is 10.1. The van der Waals surface area contributed by atoms with Crippen LogP contribution in [0.2, 0.25) is 0 Å². The van der Waals surface area contributed by atoms with E-state index in [0.717, 1.165) is 32.1 Å². The van der Waals surface area contributed by atoms with Gasteiger partial charge in [-0.05, 0) is 31.6 Å². The van der Waals surface area contributed by atoms with E-state index in [0.29, 0.717) is 12.5 Å². The minimum Gasteiger partial charge on any atom is -0.393 e. The molecule has 0 radical (unpaired) electrons. The predicted molar refractivity (Wildman–Crippen MR) is 90.0 cm³/mol. The average molecular weight is 293 g/mol. The fraction of sp³-hybridized carbons (Fsp3) is 0.611. The van der Waals surface area contributed by atoms with Crippen LogP contribution in [0.4, 0.5) is 0 Å². The van der Waals surface area contributed by atoms with Gasteiger partial charge in [0.1, 0.15) is 0 Å². The van der Waals surface area contributed by atoms with Crippen LogP contribution in [-0.2, 0) is 4.79 Å². The van der Waals surface area contributed by atoms with E-state index < -0.39 is 0 Å². The van der Waals surface area contributed by atoms with Gasteiger partial charge in [0, 0.05) is 12.6 Å². The second kappa shape index (κ2) is 13.6. The van der Waals surface area contributed by atoms with Crippen molar-refractivity contribution in [2.45, 2.75) is 59.0 Å². The lowest BCUT2D eigenvalue weighted by Gasteiger charge is -2.04. The molecule has 0 heterocycles. The lowest BCUT2D eigenvalue weighted by Crippen LogP contribution is -2.25. The van der Waals surface area contributed by atoms with Crippen molar-refractivity contribution in [3.8, 4) is 0 Å². The number of allylic oxidation sites excluding steroid dienone is 4. The summed E-state index contributed by atoms with van der Waals surface area (Å²) in [4.78, 5) is 11.4. The highest BCUT2D eigenvalue weighted by molar-refractivity contribution is 5.87. The number of amides is 1. The maximum atomic E-state index is 11.4. The normalized spacial score (nSPS) is 13.8. The molecule has 0 fully saturated rings. The molecule has 0 aliphatic carbocycles. The van der Waals surface area contributed by atoms with E-state index in [9.17, 15) is 9.90 Å². The highest BCUT2D eigenvalue weighted by atomic mass is 16.3. The highest BCUT2D eigenvalue weighted by Gasteiger charge is 1.97. The fourth-order valence-corrected chi connectivity index (χ4v) is 1.70. The minimum atomic E-state index is -0.200. The van der Waals surface area contributed by atoms with Gasteiger partial charge >= 0.3 is 0 Å². The van der Waals surface area contributed by atoms with Crippen molar-refractivity contribution in [1.82, 2.24) is 5.32 Å². The maximum absolute atomic E-state index is 11.4. The van der Waals surface area contributed by atoms with E-state index in [-0.39, 0.29) is 12.0 Å². The Bertz CT molecular complexity index is 343. The molecule has 2 N–H and O–H groups in total. The van der Waals surface area contributed by atoms with Gasteiger partial charge in [-0.25, -0.2) is 0 Å². The zero-order valence-electron chi connectivity index (χ0n) is 13.7. The number of aliphatic hydroxyl groups excluding tert-OH is 1. The van der Waals surface area contributed by atoms with E-state index in [1.54, 1.807) is 12.2 Å². The molecule has 0 aliphatic heterocycles. The van der Waals surface area contributed by atoms with Crippen molar-refractivity contribution in [3.05, 3.63) is 36.5 Å². The van der Waals surface area contributed by atoms with Crippen molar-refractivity contribution < 1.29 is 9.90 Å². The summed E-state index contributed by atoms with van der Waals surface area (Å²) in [6.07, 6.45) is 15.7. The Morgan fingerprint density at radius 2 is 1.86 bits per heavy atom. The first-order valence-electron chi connectivity index (χ1n) is 8.00. The zero-order chi connectivity index (χ0) is 15.9. The van der Waals surface area contributed by atoms with Crippen LogP contribution >= 0.6 is 0 Å². The number of hydrogen-bond donors (Lipinski definition) is 2. The third kappa shape index (κ3) is 14.9. The van der Waals surface area contributed by atoms with Gasteiger partial charge in [0.2, 0.25) is 5.91 Å². The van der Waals surface area contributed by atoms with Crippen LogP contribution in [0.1, 0.15) is 52.9 Å². The van der Waals surface area contributed by atoms with Crippen molar-refractivity contribution in [2.75, 3.05) is 6.54 Å². The van der Waals surface area contributed by atoms with Crippen molar-refractivity contribution in [1.29, 1.82) is 0 Å². The Hall–Kier alpha value is -1.35. The molecule has 0 saturated heterocycles. The molecule has 0 spiro atoms. The summed E-state index contributed by atoms with van der Waals surface area (Å²) < 4.78 is 0. The number of rotatable bonds is 11. The zero-order valence-corrected chi connectivity index (χ0v) is 13.7. The Morgan fingerprint density at radius 1 is 1.14 bits per heavy atom. The summed E-state index contributed by atoms with van der Waals surface area (Å²) in [5.74, 6) is 0.429. The standard InChI is InChI=1S/C18H31NO2/c1-4-12-17(20)13-10-8-6-5-7-9-11-14-18(21)19-15-16(2)3/h7-11,14,16-17,20H,4-6,12-13,15H2,1-3H3,(H,19,21)/b9-7+,10-8-,14-11+/t17-/m0/s1. The second-order valence-electron chi connectivity index (χ2n) is 5.65. The third-order valence-corrected chi connectivity index (χ3v) is 2.88. The topological polar surface area (TPSA) is 49.3 Å². The maximum Gasteiger partial charge on any atom is 0.243 e. The van der Waals surface area contributed by atoms with Gasteiger partial charge < -0.3 is 10.4 Å². The van der Waals surface area contributed by atoms with Crippen LogP contribution in [-0.4, -0.2) is 23.7 Å². The fourth-order valence-electron chi connectivity index (χ4n) is 1.70. The molecular weight excluding hydrogens is 262 g/mol. The summed E-state index contributed by atoms with van der Waals surface area (Å²) in [7, 11) is 0. The van der Waals surface area contributed by atoms with Crippen LogP contribution in [0.25, 0.3) is 0 Å². The van der Waals surface area contributed by atoms with E-state index in [1.807, 2.05) is 18.2 Å². The SMILES string of the molecule is CCC[C@H](O)C/C=C\CC/C=C/C=C/C(=O)NCC(C)C. The van der Waals surface area contributed by atoms with Crippen LogP contribution in [0.15, 0.2) is 36.5 Å². The molecule has 0 aliphatic rings. The summed E-state index contributed by atoms with van der Waals surface area (Å²) >= 11 is 0. The average Bonchev–Trinajstić information content (AvgIpc) is 2.43. The van der Waals surface area contributed by atoms with E-state index in [2.05, 4.69) is 32.2 Å². The van der Waals surface area contributed by atoms with E-state index >= 15 is 0 Å². The van der Waals surface area contributed by atoms with Crippen molar-refractivity contribution in [2.24, 2.45) is 5.92 Å². The Kier molecular flexibility index (Phi) is 12.7. The van der Waals surface area contributed by atoms with Crippen LogP contribution < -0.4 is 5.32 Å². The predicted octanol–water partition coefficient (Wildman–Crippen LogP) is 3.76. The summed E-state index contributed by atoms with van der Waals surface area (Å²) in [5.41, 5.74) is 0. The molecule has 1 amide bonds. The Labute approximate surface area is 129 Å². The molecule has 1 atom stereocenters. The third-order valence-electron chi connectivity index (χ3n) is 2.88. The monoisotopic (exact) mass is 293 g/mol. The first kappa shape index (κ1) is 19.7. The molecule has 3 nitrogen and oxygen atoms in total. The number of carbonyl (C=O) groups excluding carboxylic acids is 1. The first-order valence-corrected chi connectivity index (χ1v) is 8.00. The molecular formula is C18H31NO2. The molecule has 0 aromatic heterocycles. The number of hydrogen-bond acceptors (Lipinski definition) is 2. The molecule has 0 aromatic carbocycles. The van der Waals surface area contributed by atoms with Gasteiger partial charge in [-0.2, -0.15) is 0 Å². The minimum absolute atomic E-state index is 0.0434. The largest absolute Gasteiger partial charge is 0.393 e. The van der Waals surface area contributed by atoms with Gasteiger partial charge in [-0.3, -0.25) is 4.79 Å². The molecule has 0 saturated carbocycles. The van der Waals surface area contributed by atoms with Gasteiger partial charge in [0.25, 0.3) is 0 Å². The van der Waals surface area contributed by atoms with Crippen LogP contribution in [0.3, 0.4) is 0 Å². The molecule has 21 heavy (non-hydrogen) atoms. The van der Waals surface area contributed by atoms with E-state index in [4.69, 9.17) is 0 Å². The summed E-state index contributed by atoms with van der Waals surface area (Å²) in [6.45, 7) is 6.92. The lowest BCUT2D eigenvalue weighted by molar-refractivity contribution is -0.116. The quantitative estimate of drug-likeness (QED) is 0.264. The van der Waals surface area contributed by atoms with Crippen molar-refractivity contribution >= 4 is 5.91 Å². The smallest absolute Gasteiger partial charge is 0.243 e. The number of unbranched alkanes of at least 4 members (excludes halogenated alkanes) is 1. The molecule has 120 valence electrons. The van der Waals surface area contributed by atoms with Gasteiger partial charge in [-0.15, -0.1) is 0 Å². The van der Waals surface area contributed by atoms with Gasteiger partial charge in [0.05, 0.1) is 6.10 Å². The molecule has 0 bridgehead atoms. The number of nitrogens with one attached hydrogen (secondary N) is 1. The van der Waals surface area contributed by atoms with Gasteiger partial charge in [-0.1, -0.05) is 57.6 Å².